The molecule has 5 aliphatic heterocycles. The van der Waals surface area contributed by atoms with Crippen molar-refractivity contribution in [2.24, 2.45) is 47.3 Å². The third-order valence-electron chi connectivity index (χ3n) is 13.6. The molecule has 0 aromatic carbocycles. The van der Waals surface area contributed by atoms with Crippen molar-refractivity contribution in [3.8, 4) is 0 Å². The maximum Gasteiger partial charge on any atom is 0.305 e. The molecule has 246 valence electrons. The molecule has 0 aliphatic carbocycles. The molecule has 0 aromatic rings. The van der Waals surface area contributed by atoms with E-state index in [-0.39, 0.29) is 11.9 Å². The van der Waals surface area contributed by atoms with Gasteiger partial charge in [-0.25, -0.2) is 0 Å². The first-order chi connectivity index (χ1) is 20.6. The van der Waals surface area contributed by atoms with Gasteiger partial charge in [0.05, 0.1) is 14.2 Å². The Balaban J connectivity index is 1.43. The second-order valence-corrected chi connectivity index (χ2v) is 15.4. The molecule has 5 fully saturated rings. The van der Waals surface area contributed by atoms with E-state index in [2.05, 4.69) is 62.8 Å². The Labute approximate surface area is 261 Å². The summed E-state index contributed by atoms with van der Waals surface area (Å²) in [5.74, 6) is 4.27. The Morgan fingerprint density at radius 1 is 0.512 bits per heavy atom. The van der Waals surface area contributed by atoms with Crippen LogP contribution in [0.5, 0.6) is 0 Å². The summed E-state index contributed by atoms with van der Waals surface area (Å²) in [6.45, 7) is 14.6. The van der Waals surface area contributed by atoms with Gasteiger partial charge in [-0.05, 0) is 85.9 Å². The lowest BCUT2D eigenvalue weighted by Gasteiger charge is -2.28. The number of methoxy groups -OCH3 is 2. The SMILES string of the molecule is CCC1C2CC3NC(CC4NC(CC5NC(CC(N2)C1C)C(C)C5C)C(CCC(=O)OC)C4C)C(C)C3CCC(=O)OC. The lowest BCUT2D eigenvalue weighted by Crippen LogP contribution is -2.45. The largest absolute Gasteiger partial charge is 0.469 e. The molecule has 4 N–H and O–H groups in total. The monoisotopic (exact) mass is 602 g/mol. The molecular formula is C35H62N4O4. The van der Waals surface area contributed by atoms with Crippen LogP contribution in [0.15, 0.2) is 0 Å². The molecule has 8 bridgehead atoms. The average Bonchev–Trinajstić information content (AvgIpc) is 3.64. The smallest absolute Gasteiger partial charge is 0.305 e. The summed E-state index contributed by atoms with van der Waals surface area (Å²) < 4.78 is 10.1. The van der Waals surface area contributed by atoms with Gasteiger partial charge in [0, 0.05) is 61.2 Å². The molecule has 16 atom stereocenters. The van der Waals surface area contributed by atoms with Crippen LogP contribution in [0.4, 0.5) is 0 Å². The minimum Gasteiger partial charge on any atom is -0.469 e. The molecule has 0 amide bonds. The molecular weight excluding hydrogens is 540 g/mol. The van der Waals surface area contributed by atoms with Crippen molar-refractivity contribution >= 4 is 11.9 Å². The molecule has 5 saturated heterocycles. The summed E-state index contributed by atoms with van der Waals surface area (Å²) >= 11 is 0. The van der Waals surface area contributed by atoms with E-state index in [0.717, 1.165) is 32.1 Å². The van der Waals surface area contributed by atoms with E-state index in [4.69, 9.17) is 9.47 Å². The van der Waals surface area contributed by atoms with Crippen LogP contribution in [-0.2, 0) is 19.1 Å². The van der Waals surface area contributed by atoms with Crippen LogP contribution in [-0.4, -0.2) is 74.5 Å². The van der Waals surface area contributed by atoms with Crippen molar-refractivity contribution in [1.29, 1.82) is 0 Å². The van der Waals surface area contributed by atoms with Gasteiger partial charge in [-0.15, -0.1) is 0 Å². The van der Waals surface area contributed by atoms with Crippen LogP contribution in [0.2, 0.25) is 0 Å². The molecule has 0 radical (unpaired) electrons. The Morgan fingerprint density at radius 3 is 1.21 bits per heavy atom. The third-order valence-corrected chi connectivity index (χ3v) is 13.6. The predicted molar refractivity (Wildman–Crippen MR) is 170 cm³/mol. The topological polar surface area (TPSA) is 101 Å². The second-order valence-electron chi connectivity index (χ2n) is 15.4. The number of fused-ring (bicyclic) bond motifs is 8. The molecule has 0 aromatic heterocycles. The average molecular weight is 603 g/mol. The molecule has 5 aliphatic rings. The minimum atomic E-state index is -0.0988. The third kappa shape index (κ3) is 6.83. The lowest BCUT2D eigenvalue weighted by molar-refractivity contribution is -0.141. The zero-order chi connectivity index (χ0) is 31.0. The standard InChI is InChI=1S/C35H62N4O4/c1-9-23-20(4)28-14-26-18(2)19(3)27(36-26)16-32-24(10-12-34(40)42-7)21(5)29(38-32)15-30-22(6)25(11-13-35(41)43-8)33(39-30)17-31(23)37-28/h18-33,36-39H,9-17H2,1-8H3. The molecule has 43 heavy (non-hydrogen) atoms. The van der Waals surface area contributed by atoms with Crippen molar-refractivity contribution in [2.45, 2.75) is 148 Å². The second kappa shape index (κ2) is 14.0. The fourth-order valence-corrected chi connectivity index (χ4v) is 10.6. The van der Waals surface area contributed by atoms with Gasteiger partial charge in [-0.2, -0.15) is 0 Å². The van der Waals surface area contributed by atoms with Gasteiger partial charge in [0.2, 0.25) is 0 Å². The molecule has 5 heterocycles. The number of ether oxygens (including phenoxy) is 2. The Bertz CT molecular complexity index is 964. The van der Waals surface area contributed by atoms with Crippen molar-refractivity contribution in [1.82, 2.24) is 21.3 Å². The van der Waals surface area contributed by atoms with Crippen molar-refractivity contribution < 1.29 is 19.1 Å². The summed E-state index contributed by atoms with van der Waals surface area (Å²) in [5, 5.41) is 16.6. The predicted octanol–water partition coefficient (Wildman–Crippen LogP) is 4.27. The number of nitrogens with one attached hydrogen (secondary N) is 4. The number of rotatable bonds is 7. The van der Waals surface area contributed by atoms with Crippen LogP contribution in [0.1, 0.15) is 99.3 Å². The fraction of sp³-hybridized carbons (Fsp3) is 0.943. The number of carbonyl (C=O) groups excluding carboxylic acids is 2. The molecule has 0 saturated carbocycles. The lowest BCUT2D eigenvalue weighted by atomic mass is 9.77. The summed E-state index contributed by atoms with van der Waals surface area (Å²) in [5.41, 5.74) is 0. The molecule has 8 nitrogen and oxygen atoms in total. The van der Waals surface area contributed by atoms with E-state index < -0.39 is 0 Å². The Hall–Kier alpha value is -1.22. The van der Waals surface area contributed by atoms with Gasteiger partial charge in [-0.3, -0.25) is 9.59 Å². The van der Waals surface area contributed by atoms with Gasteiger partial charge in [0.1, 0.15) is 0 Å². The highest BCUT2D eigenvalue weighted by molar-refractivity contribution is 5.69. The van der Waals surface area contributed by atoms with Gasteiger partial charge in [0.25, 0.3) is 0 Å². The summed E-state index contributed by atoms with van der Waals surface area (Å²) in [6, 6.07) is 3.64. The summed E-state index contributed by atoms with van der Waals surface area (Å²) in [4.78, 5) is 24.4. The highest BCUT2D eigenvalue weighted by Crippen LogP contribution is 2.44. The van der Waals surface area contributed by atoms with E-state index in [0.29, 0.717) is 109 Å². The minimum absolute atomic E-state index is 0.0971. The van der Waals surface area contributed by atoms with Crippen LogP contribution in [0.3, 0.4) is 0 Å². The maximum absolute atomic E-state index is 12.2. The molecule has 8 heteroatoms. The highest BCUT2D eigenvalue weighted by atomic mass is 16.5. The first-order valence-corrected chi connectivity index (χ1v) is 17.7. The first-order valence-electron chi connectivity index (χ1n) is 17.7. The zero-order valence-electron chi connectivity index (χ0n) is 28.2. The first kappa shape index (κ1) is 33.2. The number of esters is 2. The van der Waals surface area contributed by atoms with Crippen LogP contribution >= 0.6 is 0 Å². The van der Waals surface area contributed by atoms with Gasteiger partial charge in [-0.1, -0.05) is 48.0 Å². The quantitative estimate of drug-likeness (QED) is 0.321. The van der Waals surface area contributed by atoms with E-state index in [9.17, 15) is 9.59 Å². The number of hydrogen-bond acceptors (Lipinski definition) is 8. The van der Waals surface area contributed by atoms with E-state index in [1.807, 2.05) is 0 Å². The van der Waals surface area contributed by atoms with Crippen LogP contribution in [0.25, 0.3) is 0 Å². The van der Waals surface area contributed by atoms with Crippen molar-refractivity contribution in [2.75, 3.05) is 14.2 Å². The highest BCUT2D eigenvalue weighted by Gasteiger charge is 2.50. The Kier molecular flexibility index (Phi) is 10.8. The summed E-state index contributed by atoms with van der Waals surface area (Å²) in [7, 11) is 3.01. The van der Waals surface area contributed by atoms with Gasteiger partial charge >= 0.3 is 11.9 Å². The molecule has 5 rings (SSSR count). The number of hydrogen-bond donors (Lipinski definition) is 4. The van der Waals surface area contributed by atoms with Crippen LogP contribution in [0, 0.1) is 47.3 Å². The van der Waals surface area contributed by atoms with Gasteiger partial charge < -0.3 is 30.7 Å². The zero-order valence-corrected chi connectivity index (χ0v) is 28.2. The molecule has 16 unspecified atom stereocenters. The van der Waals surface area contributed by atoms with Crippen molar-refractivity contribution in [3.63, 3.8) is 0 Å². The van der Waals surface area contributed by atoms with Gasteiger partial charge in [0.15, 0.2) is 0 Å². The van der Waals surface area contributed by atoms with E-state index in [1.165, 1.54) is 27.1 Å². The summed E-state index contributed by atoms with van der Waals surface area (Å²) in [6.07, 6.45) is 8.45. The molecule has 0 spiro atoms. The van der Waals surface area contributed by atoms with E-state index >= 15 is 0 Å². The van der Waals surface area contributed by atoms with Crippen molar-refractivity contribution in [3.05, 3.63) is 0 Å². The maximum atomic E-state index is 12.2. The Morgan fingerprint density at radius 2 is 0.814 bits per heavy atom. The number of carbonyl (C=O) groups is 2. The fourth-order valence-electron chi connectivity index (χ4n) is 10.6. The van der Waals surface area contributed by atoms with E-state index in [1.54, 1.807) is 0 Å². The van der Waals surface area contributed by atoms with Crippen LogP contribution < -0.4 is 21.3 Å². The normalized spacial score (nSPS) is 47.9.